The van der Waals surface area contributed by atoms with Gasteiger partial charge in [0.2, 0.25) is 0 Å². The summed E-state index contributed by atoms with van der Waals surface area (Å²) in [7, 11) is 0. The van der Waals surface area contributed by atoms with Gasteiger partial charge in [-0.1, -0.05) is 13.0 Å². The Morgan fingerprint density at radius 2 is 2.33 bits per heavy atom. The molecule has 76 valence electrons. The summed E-state index contributed by atoms with van der Waals surface area (Å²) in [5.74, 6) is -0.865. The molecule has 0 amide bonds. The first kappa shape index (κ1) is 13.2. The van der Waals surface area contributed by atoms with E-state index >= 15 is 0 Å². The first-order valence-corrected chi connectivity index (χ1v) is 5.42. The van der Waals surface area contributed by atoms with Crippen LogP contribution in [0.5, 0.6) is 0 Å². The standard InChI is InChI=1S/C10H12O3S.Na/c1-3-10(8(11)12)9(2,13-10)7-5-4-6-14-7;/h4-6H,3H2,1-2H3,(H,11,12);/q;+1. The molecule has 2 rings (SSSR count). The van der Waals surface area contributed by atoms with Gasteiger partial charge in [0, 0.05) is 4.88 Å². The molecule has 0 bridgehead atoms. The van der Waals surface area contributed by atoms with E-state index < -0.39 is 17.2 Å². The zero-order valence-electron chi connectivity index (χ0n) is 9.11. The molecule has 1 fully saturated rings. The van der Waals surface area contributed by atoms with Gasteiger partial charge in [0.15, 0.2) is 5.60 Å². The maximum Gasteiger partial charge on any atom is 1.00 e. The summed E-state index contributed by atoms with van der Waals surface area (Å²) in [4.78, 5) is 12.1. The minimum atomic E-state index is -1.00. The first-order chi connectivity index (χ1) is 6.57. The Morgan fingerprint density at radius 3 is 2.67 bits per heavy atom. The summed E-state index contributed by atoms with van der Waals surface area (Å²) in [5, 5.41) is 11.1. The van der Waals surface area contributed by atoms with Crippen LogP contribution in [0.15, 0.2) is 17.5 Å². The normalized spacial score (nSPS) is 33.2. The van der Waals surface area contributed by atoms with Crippen molar-refractivity contribution in [2.45, 2.75) is 31.5 Å². The zero-order chi connectivity index (χ0) is 10.4. The van der Waals surface area contributed by atoms with Crippen molar-refractivity contribution in [2.75, 3.05) is 0 Å². The molecular formula is C10H12NaO3S+. The molecule has 0 aliphatic carbocycles. The maximum absolute atomic E-state index is 11.1. The number of aliphatic carboxylic acids is 1. The van der Waals surface area contributed by atoms with Crippen LogP contribution in [0, 0.1) is 0 Å². The van der Waals surface area contributed by atoms with Gasteiger partial charge in [0.1, 0.15) is 5.60 Å². The van der Waals surface area contributed by atoms with Crippen LogP contribution in [0.3, 0.4) is 0 Å². The molecule has 0 aromatic carbocycles. The molecule has 2 atom stereocenters. The summed E-state index contributed by atoms with van der Waals surface area (Å²) < 4.78 is 5.46. The molecule has 0 spiro atoms. The van der Waals surface area contributed by atoms with Crippen LogP contribution >= 0.6 is 11.3 Å². The van der Waals surface area contributed by atoms with Gasteiger partial charge in [-0.2, -0.15) is 0 Å². The first-order valence-electron chi connectivity index (χ1n) is 4.54. The van der Waals surface area contributed by atoms with Crippen molar-refractivity contribution in [3.05, 3.63) is 22.4 Å². The van der Waals surface area contributed by atoms with E-state index in [0.29, 0.717) is 6.42 Å². The molecule has 1 aliphatic rings. The van der Waals surface area contributed by atoms with Crippen LogP contribution in [0.4, 0.5) is 0 Å². The molecule has 0 radical (unpaired) electrons. The summed E-state index contributed by atoms with van der Waals surface area (Å²) in [6.07, 6.45) is 0.497. The van der Waals surface area contributed by atoms with E-state index in [4.69, 9.17) is 9.84 Å². The Morgan fingerprint density at radius 1 is 1.67 bits per heavy atom. The fraction of sp³-hybridized carbons (Fsp3) is 0.500. The van der Waals surface area contributed by atoms with E-state index in [-0.39, 0.29) is 29.6 Å². The number of hydrogen-bond acceptors (Lipinski definition) is 3. The number of thiophene rings is 1. The minimum absolute atomic E-state index is 0. The number of hydrogen-bond donors (Lipinski definition) is 1. The van der Waals surface area contributed by atoms with Gasteiger partial charge >= 0.3 is 35.5 Å². The SMILES string of the molecule is CCC1(C(=O)O)OC1(C)c1cccs1.[Na+]. The summed E-state index contributed by atoms with van der Waals surface area (Å²) in [6.45, 7) is 3.68. The molecule has 1 aromatic rings. The maximum atomic E-state index is 11.1. The monoisotopic (exact) mass is 235 g/mol. The van der Waals surface area contributed by atoms with Crippen molar-refractivity contribution in [2.24, 2.45) is 0 Å². The van der Waals surface area contributed by atoms with Crippen LogP contribution in [-0.2, 0) is 15.1 Å². The van der Waals surface area contributed by atoms with Gasteiger partial charge < -0.3 is 9.84 Å². The average Bonchev–Trinajstić information content (AvgIpc) is 2.59. The minimum Gasteiger partial charge on any atom is -0.479 e. The Bertz CT molecular complexity index is 365. The van der Waals surface area contributed by atoms with Crippen LogP contribution < -0.4 is 29.6 Å². The van der Waals surface area contributed by atoms with E-state index in [1.807, 2.05) is 31.4 Å². The van der Waals surface area contributed by atoms with Gasteiger partial charge in [-0.25, -0.2) is 4.79 Å². The van der Waals surface area contributed by atoms with Gasteiger partial charge in [-0.3, -0.25) is 0 Å². The van der Waals surface area contributed by atoms with Crippen molar-refractivity contribution in [3.8, 4) is 0 Å². The van der Waals surface area contributed by atoms with Gasteiger partial charge in [-0.05, 0) is 24.8 Å². The number of ether oxygens (including phenoxy) is 1. The van der Waals surface area contributed by atoms with Crippen molar-refractivity contribution in [1.29, 1.82) is 0 Å². The van der Waals surface area contributed by atoms with Crippen LogP contribution in [0.2, 0.25) is 0 Å². The Hall–Kier alpha value is 0.130. The van der Waals surface area contributed by atoms with Crippen LogP contribution in [0.25, 0.3) is 0 Å². The topological polar surface area (TPSA) is 49.8 Å². The molecule has 15 heavy (non-hydrogen) atoms. The molecule has 0 saturated carbocycles. The second-order valence-corrected chi connectivity index (χ2v) is 4.55. The summed E-state index contributed by atoms with van der Waals surface area (Å²) >= 11 is 1.54. The molecule has 1 saturated heterocycles. The van der Waals surface area contributed by atoms with Crippen molar-refractivity contribution in [3.63, 3.8) is 0 Å². The number of epoxide rings is 1. The second-order valence-electron chi connectivity index (χ2n) is 3.60. The number of carboxylic acids is 1. The Kier molecular flexibility index (Phi) is 3.68. The third-order valence-corrected chi connectivity index (χ3v) is 4.01. The summed E-state index contributed by atoms with van der Waals surface area (Å²) in [6, 6.07) is 3.83. The predicted molar refractivity (Wildman–Crippen MR) is 53.4 cm³/mol. The fourth-order valence-electron chi connectivity index (χ4n) is 1.93. The molecule has 5 heteroatoms. The molecule has 1 aromatic heterocycles. The predicted octanol–water partition coefficient (Wildman–Crippen LogP) is -0.769. The van der Waals surface area contributed by atoms with Gasteiger partial charge in [-0.15, -0.1) is 11.3 Å². The third kappa shape index (κ3) is 1.68. The van der Waals surface area contributed by atoms with Crippen LogP contribution in [0.1, 0.15) is 25.1 Å². The third-order valence-electron chi connectivity index (χ3n) is 2.94. The van der Waals surface area contributed by atoms with Gasteiger partial charge in [0.25, 0.3) is 0 Å². The van der Waals surface area contributed by atoms with E-state index in [9.17, 15) is 4.79 Å². The molecule has 3 nitrogen and oxygen atoms in total. The van der Waals surface area contributed by atoms with Crippen LogP contribution in [-0.4, -0.2) is 16.7 Å². The van der Waals surface area contributed by atoms with E-state index in [1.54, 1.807) is 0 Å². The molecule has 2 unspecified atom stereocenters. The average molecular weight is 235 g/mol. The van der Waals surface area contributed by atoms with E-state index in [2.05, 4.69) is 0 Å². The van der Waals surface area contributed by atoms with Crippen molar-refractivity contribution >= 4 is 17.3 Å². The van der Waals surface area contributed by atoms with Gasteiger partial charge in [0.05, 0.1) is 0 Å². The molecule has 2 heterocycles. The summed E-state index contributed by atoms with van der Waals surface area (Å²) in [5.41, 5.74) is -1.63. The smallest absolute Gasteiger partial charge is 0.479 e. The number of carboxylic acid groups (broad SMARTS) is 1. The molecule has 1 aliphatic heterocycles. The number of carbonyl (C=O) groups is 1. The number of rotatable bonds is 3. The van der Waals surface area contributed by atoms with Crippen molar-refractivity contribution in [1.82, 2.24) is 0 Å². The van der Waals surface area contributed by atoms with E-state index in [1.165, 1.54) is 11.3 Å². The Balaban J connectivity index is 0.00000112. The quantitative estimate of drug-likeness (QED) is 0.553. The van der Waals surface area contributed by atoms with Crippen molar-refractivity contribution < 1.29 is 44.2 Å². The second kappa shape index (κ2) is 4.18. The van der Waals surface area contributed by atoms with E-state index in [0.717, 1.165) is 4.88 Å². The largest absolute Gasteiger partial charge is 1.00 e. The zero-order valence-corrected chi connectivity index (χ0v) is 11.9. The Labute approximate surface area is 115 Å². The fourth-order valence-corrected chi connectivity index (χ4v) is 2.82. The molecular weight excluding hydrogens is 223 g/mol. The molecule has 1 N–H and O–H groups in total.